The first kappa shape index (κ1) is 9.40. The van der Waals surface area contributed by atoms with Crippen LogP contribution >= 0.6 is 0 Å². The molecular weight excluding hydrogens is 166 g/mol. The van der Waals surface area contributed by atoms with E-state index in [1.807, 2.05) is 0 Å². The van der Waals surface area contributed by atoms with Gasteiger partial charge in [0.25, 0.3) is 5.91 Å². The number of furan rings is 1. The Kier molecular flexibility index (Phi) is 2.76. The van der Waals surface area contributed by atoms with Crippen molar-refractivity contribution in [1.29, 1.82) is 0 Å². The minimum atomic E-state index is -0.224. The summed E-state index contributed by atoms with van der Waals surface area (Å²) in [6, 6.07) is 3.06. The number of amides is 1. The molecule has 0 spiro atoms. The molecule has 1 heterocycles. The van der Waals surface area contributed by atoms with Gasteiger partial charge in [0.05, 0.1) is 12.3 Å². The van der Waals surface area contributed by atoms with Gasteiger partial charge in [-0.1, -0.05) is 5.92 Å². The third-order valence-electron chi connectivity index (χ3n) is 1.87. The maximum absolute atomic E-state index is 11.5. The molecule has 0 aliphatic carbocycles. The Morgan fingerprint density at radius 1 is 1.77 bits per heavy atom. The Labute approximate surface area is 77.3 Å². The molecule has 1 atom stereocenters. The number of hydrogen-bond donors (Lipinski definition) is 0. The third-order valence-corrected chi connectivity index (χ3v) is 1.87. The van der Waals surface area contributed by atoms with Gasteiger partial charge in [0.1, 0.15) is 0 Å². The predicted octanol–water partition coefficient (Wildman–Crippen LogP) is 1.37. The first-order valence-electron chi connectivity index (χ1n) is 3.93. The van der Waals surface area contributed by atoms with Crippen molar-refractivity contribution in [3.63, 3.8) is 0 Å². The second-order valence-electron chi connectivity index (χ2n) is 2.74. The molecule has 0 radical (unpaired) electrons. The highest BCUT2D eigenvalue weighted by Crippen LogP contribution is 2.06. The van der Waals surface area contributed by atoms with Gasteiger partial charge in [0.15, 0.2) is 5.76 Å². The van der Waals surface area contributed by atoms with Crippen LogP contribution in [-0.2, 0) is 0 Å². The largest absolute Gasteiger partial charge is 0.459 e. The van der Waals surface area contributed by atoms with Crippen molar-refractivity contribution in [1.82, 2.24) is 4.90 Å². The molecule has 1 rings (SSSR count). The van der Waals surface area contributed by atoms with E-state index < -0.39 is 0 Å². The molecule has 1 amide bonds. The molecule has 3 nitrogen and oxygen atoms in total. The number of hydrogen-bond acceptors (Lipinski definition) is 2. The maximum atomic E-state index is 11.5. The molecule has 1 aromatic heterocycles. The molecular formula is C10H11NO2. The van der Waals surface area contributed by atoms with Gasteiger partial charge >= 0.3 is 0 Å². The van der Waals surface area contributed by atoms with Crippen LogP contribution < -0.4 is 0 Å². The van der Waals surface area contributed by atoms with Gasteiger partial charge in [-0.3, -0.25) is 4.79 Å². The van der Waals surface area contributed by atoms with Crippen LogP contribution in [0.3, 0.4) is 0 Å². The zero-order valence-corrected chi connectivity index (χ0v) is 7.65. The first-order valence-corrected chi connectivity index (χ1v) is 3.93. The van der Waals surface area contributed by atoms with Gasteiger partial charge in [-0.05, 0) is 19.1 Å². The third kappa shape index (κ3) is 1.91. The highest BCUT2D eigenvalue weighted by atomic mass is 16.3. The topological polar surface area (TPSA) is 33.5 Å². The summed E-state index contributed by atoms with van der Waals surface area (Å²) in [5.41, 5.74) is 0. The average molecular weight is 177 g/mol. The number of terminal acetylenes is 1. The zero-order chi connectivity index (χ0) is 9.84. The summed E-state index contributed by atoms with van der Waals surface area (Å²) in [7, 11) is 1.65. The van der Waals surface area contributed by atoms with E-state index in [9.17, 15) is 4.79 Å². The molecule has 3 heteroatoms. The quantitative estimate of drug-likeness (QED) is 0.639. The van der Waals surface area contributed by atoms with Crippen LogP contribution in [-0.4, -0.2) is 23.9 Å². The van der Waals surface area contributed by atoms with E-state index in [2.05, 4.69) is 5.92 Å². The summed E-state index contributed by atoms with van der Waals surface area (Å²) in [6.45, 7) is 1.78. The molecule has 0 aromatic carbocycles. The molecule has 0 bridgehead atoms. The molecule has 0 N–H and O–H groups in total. The van der Waals surface area contributed by atoms with Crippen LogP contribution in [0.15, 0.2) is 22.8 Å². The van der Waals surface area contributed by atoms with Crippen LogP contribution in [0.1, 0.15) is 17.5 Å². The van der Waals surface area contributed by atoms with Gasteiger partial charge in [-0.2, -0.15) is 0 Å². The Morgan fingerprint density at radius 2 is 2.46 bits per heavy atom. The Bertz CT molecular complexity index is 321. The lowest BCUT2D eigenvalue weighted by atomic mass is 10.3. The summed E-state index contributed by atoms with van der Waals surface area (Å²) >= 11 is 0. The van der Waals surface area contributed by atoms with Crippen molar-refractivity contribution < 1.29 is 9.21 Å². The van der Waals surface area contributed by atoms with Crippen LogP contribution in [0.25, 0.3) is 0 Å². The van der Waals surface area contributed by atoms with Crippen molar-refractivity contribution >= 4 is 5.91 Å². The van der Waals surface area contributed by atoms with Crippen molar-refractivity contribution in [3.8, 4) is 12.3 Å². The predicted molar refractivity (Wildman–Crippen MR) is 49.1 cm³/mol. The molecule has 0 aliphatic heterocycles. The fourth-order valence-electron chi connectivity index (χ4n) is 0.862. The SMILES string of the molecule is C#CC(C)N(C)C(=O)c1ccco1. The van der Waals surface area contributed by atoms with Crippen LogP contribution in [0, 0.1) is 12.3 Å². The first-order chi connectivity index (χ1) is 6.16. The summed E-state index contributed by atoms with van der Waals surface area (Å²) in [5.74, 6) is 2.58. The van der Waals surface area contributed by atoms with E-state index >= 15 is 0 Å². The summed E-state index contributed by atoms with van der Waals surface area (Å²) in [5, 5.41) is 0. The molecule has 0 fully saturated rings. The second-order valence-corrected chi connectivity index (χ2v) is 2.74. The monoisotopic (exact) mass is 177 g/mol. The number of nitrogens with zero attached hydrogens (tertiary/aromatic N) is 1. The minimum Gasteiger partial charge on any atom is -0.459 e. The van der Waals surface area contributed by atoms with E-state index in [1.54, 1.807) is 26.1 Å². The molecule has 13 heavy (non-hydrogen) atoms. The lowest BCUT2D eigenvalue weighted by Crippen LogP contribution is -2.33. The standard InChI is InChI=1S/C10H11NO2/c1-4-8(2)11(3)10(12)9-6-5-7-13-9/h1,5-8H,2-3H3. The lowest BCUT2D eigenvalue weighted by molar-refractivity contribution is 0.0742. The van der Waals surface area contributed by atoms with E-state index in [0.717, 1.165) is 0 Å². The molecule has 0 saturated carbocycles. The average Bonchev–Trinajstić information content (AvgIpc) is 2.67. The normalized spacial score (nSPS) is 11.8. The van der Waals surface area contributed by atoms with E-state index in [1.165, 1.54) is 11.2 Å². The van der Waals surface area contributed by atoms with E-state index in [0.29, 0.717) is 5.76 Å². The smallest absolute Gasteiger partial charge is 0.290 e. The second kappa shape index (κ2) is 3.81. The molecule has 0 saturated heterocycles. The van der Waals surface area contributed by atoms with Crippen LogP contribution in [0.4, 0.5) is 0 Å². The number of carbonyl (C=O) groups is 1. The highest BCUT2D eigenvalue weighted by molar-refractivity contribution is 5.91. The van der Waals surface area contributed by atoms with Crippen molar-refractivity contribution in [3.05, 3.63) is 24.2 Å². The van der Waals surface area contributed by atoms with Gasteiger partial charge in [0, 0.05) is 7.05 Å². The van der Waals surface area contributed by atoms with Gasteiger partial charge in [-0.15, -0.1) is 6.42 Å². The van der Waals surface area contributed by atoms with Crippen LogP contribution in [0.5, 0.6) is 0 Å². The fourth-order valence-corrected chi connectivity index (χ4v) is 0.862. The highest BCUT2D eigenvalue weighted by Gasteiger charge is 2.17. The van der Waals surface area contributed by atoms with Gasteiger partial charge in [0.2, 0.25) is 0 Å². The Balaban J connectivity index is 2.75. The maximum Gasteiger partial charge on any atom is 0.290 e. The number of rotatable bonds is 2. The van der Waals surface area contributed by atoms with Crippen LogP contribution in [0.2, 0.25) is 0 Å². The van der Waals surface area contributed by atoms with Gasteiger partial charge in [-0.25, -0.2) is 0 Å². The fraction of sp³-hybridized carbons (Fsp3) is 0.300. The Morgan fingerprint density at radius 3 is 2.92 bits per heavy atom. The van der Waals surface area contributed by atoms with E-state index in [4.69, 9.17) is 10.8 Å². The van der Waals surface area contributed by atoms with Crippen molar-refractivity contribution in [2.75, 3.05) is 7.05 Å². The van der Waals surface area contributed by atoms with E-state index in [-0.39, 0.29) is 11.9 Å². The molecule has 0 aliphatic rings. The summed E-state index contributed by atoms with van der Waals surface area (Å²) in [6.07, 6.45) is 6.65. The summed E-state index contributed by atoms with van der Waals surface area (Å²) in [4.78, 5) is 13.0. The van der Waals surface area contributed by atoms with Crippen molar-refractivity contribution in [2.45, 2.75) is 13.0 Å². The molecule has 68 valence electrons. The lowest BCUT2D eigenvalue weighted by Gasteiger charge is -2.18. The Hall–Kier alpha value is -1.69. The minimum absolute atomic E-state index is 0.199. The molecule has 1 unspecified atom stereocenters. The molecule has 1 aromatic rings. The number of carbonyl (C=O) groups excluding carboxylic acids is 1. The zero-order valence-electron chi connectivity index (χ0n) is 7.65. The summed E-state index contributed by atoms with van der Waals surface area (Å²) < 4.78 is 4.95. The van der Waals surface area contributed by atoms with Gasteiger partial charge < -0.3 is 9.32 Å². The van der Waals surface area contributed by atoms with Crippen molar-refractivity contribution in [2.24, 2.45) is 0 Å².